The van der Waals surface area contributed by atoms with Crippen LogP contribution in [0, 0.1) is 5.82 Å². The van der Waals surface area contributed by atoms with Crippen LogP contribution in [0.2, 0.25) is 0 Å². The molecule has 0 aliphatic heterocycles. The van der Waals surface area contributed by atoms with Crippen LogP contribution in [0.4, 0.5) is 4.39 Å². The fraction of sp³-hybridized carbons (Fsp3) is 0. The van der Waals surface area contributed by atoms with Gasteiger partial charge in [0.05, 0.1) is 5.56 Å². The lowest BCUT2D eigenvalue weighted by Crippen LogP contribution is -1.94. The molecule has 0 aliphatic carbocycles. The summed E-state index contributed by atoms with van der Waals surface area (Å²) >= 11 is 0. The second-order valence-electron chi connectivity index (χ2n) is 2.49. The fourth-order valence-electron chi connectivity index (χ4n) is 1.15. The van der Waals surface area contributed by atoms with Crippen LogP contribution in [0.25, 0.3) is 12.2 Å². The molecule has 0 N–H and O–H groups in total. The van der Waals surface area contributed by atoms with Gasteiger partial charge in [0.2, 0.25) is 0 Å². The highest BCUT2D eigenvalue weighted by molar-refractivity contribution is 5.85. The van der Waals surface area contributed by atoms with E-state index in [1.807, 2.05) is 0 Å². The largest absolute Gasteiger partial charge is 0.298 e. The van der Waals surface area contributed by atoms with Crippen LogP contribution in [-0.2, 0) is 0 Å². The molecule has 0 heterocycles. The van der Waals surface area contributed by atoms with Crippen molar-refractivity contribution >= 4 is 18.4 Å². The van der Waals surface area contributed by atoms with E-state index in [0.717, 1.165) is 0 Å². The molecule has 0 aromatic heterocycles. The van der Waals surface area contributed by atoms with Gasteiger partial charge in [-0.15, -0.1) is 0 Å². The van der Waals surface area contributed by atoms with Gasteiger partial charge in [0.15, 0.2) is 6.29 Å². The summed E-state index contributed by atoms with van der Waals surface area (Å²) in [5, 5.41) is 0. The Morgan fingerprint density at radius 1 is 1.15 bits per heavy atom. The number of benzene rings is 1. The summed E-state index contributed by atoms with van der Waals surface area (Å²) in [6, 6.07) is 2.81. The quantitative estimate of drug-likeness (QED) is 0.647. The van der Waals surface area contributed by atoms with Crippen LogP contribution in [-0.4, -0.2) is 6.29 Å². The van der Waals surface area contributed by atoms with Gasteiger partial charge in [0.1, 0.15) is 5.82 Å². The Morgan fingerprint density at radius 2 is 1.85 bits per heavy atom. The predicted molar refractivity (Wildman–Crippen MR) is 52.0 cm³/mol. The van der Waals surface area contributed by atoms with E-state index in [-0.39, 0.29) is 5.56 Å². The van der Waals surface area contributed by atoms with Gasteiger partial charge in [-0.1, -0.05) is 31.4 Å². The minimum absolute atomic E-state index is 0.0346. The van der Waals surface area contributed by atoms with E-state index in [1.54, 1.807) is 12.1 Å². The molecule has 0 unspecified atom stereocenters. The zero-order valence-corrected chi connectivity index (χ0v) is 7.09. The highest BCUT2D eigenvalue weighted by atomic mass is 19.1. The number of hydrogen-bond acceptors (Lipinski definition) is 1. The van der Waals surface area contributed by atoms with Gasteiger partial charge < -0.3 is 0 Å². The Balaban J connectivity index is 3.53. The van der Waals surface area contributed by atoms with E-state index in [4.69, 9.17) is 0 Å². The van der Waals surface area contributed by atoms with Gasteiger partial charge >= 0.3 is 0 Å². The van der Waals surface area contributed by atoms with E-state index in [9.17, 15) is 9.18 Å². The summed E-state index contributed by atoms with van der Waals surface area (Å²) in [4.78, 5) is 10.6. The lowest BCUT2D eigenvalue weighted by Gasteiger charge is -2.04. The first-order chi connectivity index (χ1) is 6.24. The molecule has 0 bridgehead atoms. The Labute approximate surface area is 76.2 Å². The summed E-state index contributed by atoms with van der Waals surface area (Å²) in [5.74, 6) is -0.532. The topological polar surface area (TPSA) is 17.1 Å². The number of carbonyl (C=O) groups is 1. The molecule has 0 spiro atoms. The average molecular weight is 176 g/mol. The average Bonchev–Trinajstić information content (AvgIpc) is 2.17. The molecule has 0 atom stereocenters. The molecule has 1 aromatic rings. The smallest absolute Gasteiger partial charge is 0.153 e. The standard InChI is InChI=1S/C11H9FO/c1-3-8-5-6-11(12)10(7-13)9(8)4-2/h3-7H,1-2H2. The molecule has 0 fully saturated rings. The first kappa shape index (κ1) is 9.39. The van der Waals surface area contributed by atoms with E-state index >= 15 is 0 Å². The summed E-state index contributed by atoms with van der Waals surface area (Å²) < 4.78 is 13.0. The molecule has 0 saturated carbocycles. The van der Waals surface area contributed by atoms with Crippen molar-refractivity contribution in [2.24, 2.45) is 0 Å². The zero-order valence-electron chi connectivity index (χ0n) is 7.09. The minimum Gasteiger partial charge on any atom is -0.298 e. The monoisotopic (exact) mass is 176 g/mol. The molecule has 13 heavy (non-hydrogen) atoms. The van der Waals surface area contributed by atoms with E-state index in [0.29, 0.717) is 17.4 Å². The van der Waals surface area contributed by atoms with Gasteiger partial charge in [-0.25, -0.2) is 4.39 Å². The summed E-state index contributed by atoms with van der Waals surface area (Å²) in [7, 11) is 0. The van der Waals surface area contributed by atoms with Crippen LogP contribution in [0.1, 0.15) is 21.5 Å². The normalized spacial score (nSPS) is 9.31. The first-order valence-electron chi connectivity index (χ1n) is 3.77. The Kier molecular flexibility index (Phi) is 2.75. The van der Waals surface area contributed by atoms with Crippen molar-refractivity contribution in [3.8, 4) is 0 Å². The van der Waals surface area contributed by atoms with Crippen LogP contribution in [0.5, 0.6) is 0 Å². The fourth-order valence-corrected chi connectivity index (χ4v) is 1.15. The van der Waals surface area contributed by atoms with Crippen molar-refractivity contribution in [1.82, 2.24) is 0 Å². The van der Waals surface area contributed by atoms with Crippen LogP contribution >= 0.6 is 0 Å². The Hall–Kier alpha value is -1.70. The molecule has 0 radical (unpaired) electrons. The molecule has 2 heteroatoms. The molecule has 0 aliphatic rings. The summed E-state index contributed by atoms with van der Waals surface area (Å²) in [6.45, 7) is 7.07. The summed E-state index contributed by atoms with van der Waals surface area (Å²) in [5.41, 5.74) is 1.23. The molecule has 0 amide bonds. The van der Waals surface area contributed by atoms with Crippen LogP contribution in [0.15, 0.2) is 25.3 Å². The molecule has 66 valence electrons. The predicted octanol–water partition coefficient (Wildman–Crippen LogP) is 2.92. The van der Waals surface area contributed by atoms with Gasteiger partial charge in [-0.3, -0.25) is 4.79 Å². The zero-order chi connectivity index (χ0) is 9.84. The van der Waals surface area contributed by atoms with Crippen molar-refractivity contribution in [1.29, 1.82) is 0 Å². The number of rotatable bonds is 3. The maximum absolute atomic E-state index is 13.0. The number of hydrogen-bond donors (Lipinski definition) is 0. The number of aldehydes is 1. The minimum atomic E-state index is -0.532. The first-order valence-corrected chi connectivity index (χ1v) is 3.77. The Morgan fingerprint density at radius 3 is 2.31 bits per heavy atom. The van der Waals surface area contributed by atoms with Gasteiger partial charge in [-0.05, 0) is 17.2 Å². The van der Waals surface area contributed by atoms with E-state index < -0.39 is 5.82 Å². The molecule has 1 nitrogen and oxygen atoms in total. The second kappa shape index (κ2) is 3.81. The molecular formula is C11H9FO. The van der Waals surface area contributed by atoms with E-state index in [1.165, 1.54) is 12.1 Å². The van der Waals surface area contributed by atoms with Crippen molar-refractivity contribution < 1.29 is 9.18 Å². The summed E-state index contributed by atoms with van der Waals surface area (Å²) in [6.07, 6.45) is 3.49. The van der Waals surface area contributed by atoms with Gasteiger partial charge in [0.25, 0.3) is 0 Å². The highest BCUT2D eigenvalue weighted by Gasteiger charge is 2.07. The maximum atomic E-state index is 13.0. The van der Waals surface area contributed by atoms with Crippen molar-refractivity contribution in [3.63, 3.8) is 0 Å². The number of halogens is 1. The lowest BCUT2D eigenvalue weighted by atomic mass is 10.0. The Bertz CT molecular complexity index is 367. The van der Waals surface area contributed by atoms with Crippen molar-refractivity contribution in [2.45, 2.75) is 0 Å². The third kappa shape index (κ3) is 1.56. The van der Waals surface area contributed by atoms with Crippen LogP contribution < -0.4 is 0 Å². The molecule has 1 aromatic carbocycles. The third-order valence-corrected chi connectivity index (χ3v) is 1.81. The van der Waals surface area contributed by atoms with Crippen molar-refractivity contribution in [3.05, 3.63) is 47.8 Å². The maximum Gasteiger partial charge on any atom is 0.153 e. The SMILES string of the molecule is C=Cc1ccc(F)c(C=O)c1C=C. The molecule has 0 saturated heterocycles. The lowest BCUT2D eigenvalue weighted by molar-refractivity contribution is 0.111. The molecule has 1 rings (SSSR count). The molecular weight excluding hydrogens is 167 g/mol. The van der Waals surface area contributed by atoms with E-state index in [2.05, 4.69) is 13.2 Å². The van der Waals surface area contributed by atoms with Crippen molar-refractivity contribution in [2.75, 3.05) is 0 Å². The third-order valence-electron chi connectivity index (χ3n) is 1.81. The van der Waals surface area contributed by atoms with Gasteiger partial charge in [-0.2, -0.15) is 0 Å². The van der Waals surface area contributed by atoms with Gasteiger partial charge in [0, 0.05) is 0 Å². The number of carbonyl (C=O) groups excluding carboxylic acids is 1. The second-order valence-corrected chi connectivity index (χ2v) is 2.49. The highest BCUT2D eigenvalue weighted by Crippen LogP contribution is 2.18. The van der Waals surface area contributed by atoms with Crippen LogP contribution in [0.3, 0.4) is 0 Å².